The summed E-state index contributed by atoms with van der Waals surface area (Å²) in [7, 11) is -3.37. The third-order valence-corrected chi connectivity index (χ3v) is 6.84. The molecule has 1 aromatic heterocycles. The molecule has 2 fully saturated rings. The number of nitrogens with zero attached hydrogens (tertiary/aromatic N) is 3. The zero-order valence-electron chi connectivity index (χ0n) is 15.3. The van der Waals surface area contributed by atoms with Crippen molar-refractivity contribution in [3.05, 3.63) is 66.0 Å². The van der Waals surface area contributed by atoms with Crippen LogP contribution in [-0.4, -0.2) is 53.9 Å². The molecule has 142 valence electrons. The van der Waals surface area contributed by atoms with Crippen molar-refractivity contribution in [2.45, 2.75) is 30.8 Å². The van der Waals surface area contributed by atoms with Gasteiger partial charge in [-0.05, 0) is 36.1 Å². The molecule has 0 N–H and O–H groups in total. The number of sulfonamides is 1. The molecule has 2 aromatic rings. The van der Waals surface area contributed by atoms with Crippen molar-refractivity contribution in [1.82, 2.24) is 14.2 Å². The number of rotatable bonds is 6. The number of aromatic nitrogens is 1. The molecule has 1 saturated heterocycles. The molecule has 0 unspecified atom stereocenters. The molecule has 1 aliphatic carbocycles. The number of amides is 1. The first-order valence-electron chi connectivity index (χ1n) is 9.11. The summed E-state index contributed by atoms with van der Waals surface area (Å²) in [5, 5.41) is 0. The lowest BCUT2D eigenvalue weighted by atomic mass is 9.92. The van der Waals surface area contributed by atoms with Crippen LogP contribution >= 0.6 is 0 Å². The van der Waals surface area contributed by atoms with E-state index in [0.29, 0.717) is 19.6 Å². The predicted molar refractivity (Wildman–Crippen MR) is 102 cm³/mol. The summed E-state index contributed by atoms with van der Waals surface area (Å²) in [4.78, 5) is 18.8. The van der Waals surface area contributed by atoms with Gasteiger partial charge in [0.15, 0.2) is 0 Å². The summed E-state index contributed by atoms with van der Waals surface area (Å²) in [5.74, 6) is 0.127. The number of pyridine rings is 1. The number of benzene rings is 1. The highest BCUT2D eigenvalue weighted by Gasteiger charge is 2.55. The second kappa shape index (κ2) is 6.73. The molecule has 7 heteroatoms. The molecule has 27 heavy (non-hydrogen) atoms. The van der Waals surface area contributed by atoms with Crippen molar-refractivity contribution in [2.24, 2.45) is 0 Å². The van der Waals surface area contributed by atoms with Crippen LogP contribution in [0.15, 0.2) is 54.9 Å². The minimum absolute atomic E-state index is 0.127. The van der Waals surface area contributed by atoms with Crippen LogP contribution in [0.3, 0.4) is 0 Å². The topological polar surface area (TPSA) is 70.6 Å². The molecule has 2 heterocycles. The van der Waals surface area contributed by atoms with E-state index in [1.165, 1.54) is 10.6 Å². The van der Waals surface area contributed by atoms with Gasteiger partial charge in [-0.15, -0.1) is 0 Å². The van der Waals surface area contributed by atoms with E-state index >= 15 is 0 Å². The molecule has 0 spiro atoms. The van der Waals surface area contributed by atoms with Crippen molar-refractivity contribution in [3.63, 3.8) is 0 Å². The van der Waals surface area contributed by atoms with Gasteiger partial charge in [-0.1, -0.05) is 30.3 Å². The third-order valence-electron chi connectivity index (χ3n) is 5.56. The SMILES string of the molecule is CS(=O)(=O)N(Cc1ccncc1)C1CN(C(=O)C2(c3ccccc3)CC2)C1. The fraction of sp³-hybridized carbons (Fsp3) is 0.400. The van der Waals surface area contributed by atoms with E-state index in [2.05, 4.69) is 4.98 Å². The van der Waals surface area contributed by atoms with Gasteiger partial charge in [-0.3, -0.25) is 9.78 Å². The Morgan fingerprint density at radius 1 is 1.15 bits per heavy atom. The fourth-order valence-corrected chi connectivity index (χ4v) is 4.86. The van der Waals surface area contributed by atoms with Crippen LogP contribution < -0.4 is 0 Å². The molecule has 6 nitrogen and oxygen atoms in total. The van der Waals surface area contributed by atoms with Gasteiger partial charge in [-0.25, -0.2) is 8.42 Å². The molecule has 1 saturated carbocycles. The molecule has 1 aliphatic heterocycles. The van der Waals surface area contributed by atoms with Gasteiger partial charge in [0.1, 0.15) is 0 Å². The van der Waals surface area contributed by atoms with E-state index < -0.39 is 15.4 Å². The monoisotopic (exact) mass is 385 g/mol. The van der Waals surface area contributed by atoms with Gasteiger partial charge < -0.3 is 4.90 Å². The number of hydrogen-bond donors (Lipinski definition) is 0. The molecule has 4 rings (SSSR count). The Labute approximate surface area is 159 Å². The van der Waals surface area contributed by atoms with Crippen LogP contribution in [0.2, 0.25) is 0 Å². The first-order chi connectivity index (χ1) is 12.9. The van der Waals surface area contributed by atoms with E-state index in [1.54, 1.807) is 17.3 Å². The van der Waals surface area contributed by atoms with Crippen LogP contribution in [0.25, 0.3) is 0 Å². The van der Waals surface area contributed by atoms with E-state index in [4.69, 9.17) is 0 Å². The lowest BCUT2D eigenvalue weighted by molar-refractivity contribution is -0.140. The summed E-state index contributed by atoms with van der Waals surface area (Å²) in [5.41, 5.74) is 1.56. The first kappa shape index (κ1) is 18.1. The van der Waals surface area contributed by atoms with Crippen molar-refractivity contribution < 1.29 is 13.2 Å². The van der Waals surface area contributed by atoms with E-state index in [9.17, 15) is 13.2 Å². The summed E-state index contributed by atoms with van der Waals surface area (Å²) >= 11 is 0. The number of hydrogen-bond acceptors (Lipinski definition) is 4. The minimum Gasteiger partial charge on any atom is -0.339 e. The summed E-state index contributed by atoms with van der Waals surface area (Å²) in [6, 6.07) is 13.3. The van der Waals surface area contributed by atoms with Crippen LogP contribution in [0.5, 0.6) is 0 Å². The van der Waals surface area contributed by atoms with Crippen molar-refractivity contribution in [3.8, 4) is 0 Å². The lowest BCUT2D eigenvalue weighted by Gasteiger charge is -2.45. The Bertz CT molecular complexity index is 921. The van der Waals surface area contributed by atoms with Crippen molar-refractivity contribution in [1.29, 1.82) is 0 Å². The third kappa shape index (κ3) is 3.49. The maximum Gasteiger partial charge on any atom is 0.233 e. The molecule has 0 bridgehead atoms. The largest absolute Gasteiger partial charge is 0.339 e. The Kier molecular flexibility index (Phi) is 4.52. The lowest BCUT2D eigenvalue weighted by Crippen LogP contribution is -2.63. The quantitative estimate of drug-likeness (QED) is 0.760. The maximum absolute atomic E-state index is 13.0. The highest BCUT2D eigenvalue weighted by molar-refractivity contribution is 7.88. The zero-order valence-corrected chi connectivity index (χ0v) is 16.1. The van der Waals surface area contributed by atoms with E-state index in [-0.39, 0.29) is 11.9 Å². The van der Waals surface area contributed by atoms with Gasteiger partial charge in [0.2, 0.25) is 15.9 Å². The highest BCUT2D eigenvalue weighted by atomic mass is 32.2. The van der Waals surface area contributed by atoms with Gasteiger partial charge in [0.05, 0.1) is 17.7 Å². The number of carbonyl (C=O) groups excluding carboxylic acids is 1. The normalized spacial score (nSPS) is 19.0. The molecular weight excluding hydrogens is 362 g/mol. The van der Waals surface area contributed by atoms with Crippen molar-refractivity contribution in [2.75, 3.05) is 19.3 Å². The van der Waals surface area contributed by atoms with Crippen LogP contribution in [-0.2, 0) is 26.8 Å². The van der Waals surface area contributed by atoms with Gasteiger partial charge >= 0.3 is 0 Å². The molecular formula is C20H23N3O3S. The Morgan fingerprint density at radius 2 is 1.78 bits per heavy atom. The smallest absolute Gasteiger partial charge is 0.233 e. The minimum atomic E-state index is -3.37. The van der Waals surface area contributed by atoms with Crippen LogP contribution in [0.1, 0.15) is 24.0 Å². The molecule has 0 radical (unpaired) electrons. The fourth-order valence-electron chi connectivity index (χ4n) is 3.80. The molecule has 1 aromatic carbocycles. The standard InChI is InChI=1S/C20H23N3O3S/c1-27(25,26)23(13-16-7-11-21-12-8-16)18-14-22(15-18)19(24)20(9-10-20)17-5-3-2-4-6-17/h2-8,11-12,18H,9-10,13-15H2,1H3. The molecule has 1 amide bonds. The van der Waals surface area contributed by atoms with Crippen molar-refractivity contribution >= 4 is 15.9 Å². The summed E-state index contributed by atoms with van der Waals surface area (Å²) in [6.07, 6.45) is 6.27. The summed E-state index contributed by atoms with van der Waals surface area (Å²) < 4.78 is 26.1. The highest BCUT2D eigenvalue weighted by Crippen LogP contribution is 2.50. The average Bonchev–Trinajstić information content (AvgIpc) is 3.42. The van der Waals surface area contributed by atoms with Gasteiger partial charge in [0.25, 0.3) is 0 Å². The van der Waals surface area contributed by atoms with Gasteiger partial charge in [-0.2, -0.15) is 4.31 Å². The van der Waals surface area contributed by atoms with Crippen LogP contribution in [0.4, 0.5) is 0 Å². The Hall–Kier alpha value is -2.25. The zero-order chi connectivity index (χ0) is 19.1. The predicted octanol–water partition coefficient (Wildman–Crippen LogP) is 1.79. The first-order valence-corrected chi connectivity index (χ1v) is 11.0. The van der Waals surface area contributed by atoms with Gasteiger partial charge in [0, 0.05) is 32.0 Å². The maximum atomic E-state index is 13.0. The van der Waals surface area contributed by atoms with E-state index in [0.717, 1.165) is 24.0 Å². The van der Waals surface area contributed by atoms with Crippen LogP contribution in [0, 0.1) is 0 Å². The molecule has 0 atom stereocenters. The second-order valence-electron chi connectivity index (χ2n) is 7.48. The summed E-state index contributed by atoms with van der Waals surface area (Å²) in [6.45, 7) is 1.20. The average molecular weight is 385 g/mol. The Morgan fingerprint density at radius 3 is 2.33 bits per heavy atom. The number of likely N-dealkylation sites (tertiary alicyclic amines) is 1. The Balaban J connectivity index is 1.45. The molecule has 2 aliphatic rings. The second-order valence-corrected chi connectivity index (χ2v) is 9.41. The number of carbonyl (C=O) groups is 1. The van der Waals surface area contributed by atoms with E-state index in [1.807, 2.05) is 42.5 Å².